The minimum atomic E-state index is -3.05. The second-order valence-electron chi connectivity index (χ2n) is 6.22. The second kappa shape index (κ2) is 6.55. The van der Waals surface area contributed by atoms with Crippen LogP contribution in [0.25, 0.3) is 0 Å². The first-order valence-electron chi connectivity index (χ1n) is 7.58. The van der Waals surface area contributed by atoms with Gasteiger partial charge in [0.25, 0.3) is 0 Å². The molecule has 1 aliphatic rings. The molecular formula is C14H27N5O2S. The topological polar surface area (TPSA) is 70.5 Å². The highest BCUT2D eigenvalue weighted by Gasteiger charge is 2.25. The summed E-state index contributed by atoms with van der Waals surface area (Å²) in [5.74, 6) is 1.11. The minimum absolute atomic E-state index is 0.354. The molecule has 7 nitrogen and oxygen atoms in total. The van der Waals surface area contributed by atoms with E-state index >= 15 is 0 Å². The fourth-order valence-corrected chi connectivity index (χ4v) is 3.97. The van der Waals surface area contributed by atoms with Gasteiger partial charge in [0.2, 0.25) is 10.0 Å². The number of aryl methyl sites for hydroxylation is 2. The van der Waals surface area contributed by atoms with Crippen molar-refractivity contribution >= 4 is 15.8 Å². The van der Waals surface area contributed by atoms with Crippen molar-refractivity contribution in [1.29, 1.82) is 0 Å². The van der Waals surface area contributed by atoms with Crippen molar-refractivity contribution in [3.05, 3.63) is 11.3 Å². The van der Waals surface area contributed by atoms with Crippen LogP contribution in [0, 0.1) is 6.92 Å². The van der Waals surface area contributed by atoms with Crippen molar-refractivity contribution in [3.63, 3.8) is 0 Å². The standard InChI is InChI=1S/C14H27N5O2S/c1-11-13(14(17(2)3)18(4)16-11)10-15-12-6-8-19(9-7-12)22(5,20)21/h12,15H,6-10H2,1-5H3. The average molecular weight is 329 g/mol. The SMILES string of the molecule is Cc1nn(C)c(N(C)C)c1CNC1CCN(S(C)(=O)=O)CC1. The number of hydrogen-bond donors (Lipinski definition) is 1. The summed E-state index contributed by atoms with van der Waals surface area (Å²) in [5, 5.41) is 8.05. The molecule has 1 saturated heterocycles. The summed E-state index contributed by atoms with van der Waals surface area (Å²) in [6.07, 6.45) is 2.98. The molecule has 0 aromatic carbocycles. The number of rotatable bonds is 5. The first-order chi connectivity index (χ1) is 10.2. The Labute approximate surface area is 133 Å². The van der Waals surface area contributed by atoms with E-state index in [0.29, 0.717) is 19.1 Å². The van der Waals surface area contributed by atoms with E-state index in [1.807, 2.05) is 32.7 Å². The van der Waals surface area contributed by atoms with Gasteiger partial charge in [-0.15, -0.1) is 0 Å². The molecule has 22 heavy (non-hydrogen) atoms. The van der Waals surface area contributed by atoms with Gasteiger partial charge in [-0.1, -0.05) is 0 Å². The van der Waals surface area contributed by atoms with Gasteiger partial charge >= 0.3 is 0 Å². The number of nitrogens with one attached hydrogen (secondary N) is 1. The highest BCUT2D eigenvalue weighted by Crippen LogP contribution is 2.22. The summed E-state index contributed by atoms with van der Waals surface area (Å²) in [5.41, 5.74) is 2.24. The van der Waals surface area contributed by atoms with Gasteiger partial charge in [0.05, 0.1) is 11.9 Å². The lowest BCUT2D eigenvalue weighted by Crippen LogP contribution is -2.44. The van der Waals surface area contributed by atoms with Crippen LogP contribution >= 0.6 is 0 Å². The highest BCUT2D eigenvalue weighted by molar-refractivity contribution is 7.88. The van der Waals surface area contributed by atoms with E-state index in [0.717, 1.165) is 30.9 Å². The Hall–Kier alpha value is -1.12. The van der Waals surface area contributed by atoms with Gasteiger partial charge < -0.3 is 10.2 Å². The lowest BCUT2D eigenvalue weighted by Gasteiger charge is -2.31. The second-order valence-corrected chi connectivity index (χ2v) is 8.21. The Morgan fingerprint density at radius 1 is 1.32 bits per heavy atom. The van der Waals surface area contributed by atoms with Gasteiger partial charge in [-0.3, -0.25) is 4.68 Å². The smallest absolute Gasteiger partial charge is 0.211 e. The molecule has 0 saturated carbocycles. The maximum absolute atomic E-state index is 11.5. The Morgan fingerprint density at radius 3 is 2.41 bits per heavy atom. The zero-order chi connectivity index (χ0) is 16.5. The number of sulfonamides is 1. The summed E-state index contributed by atoms with van der Waals surface area (Å²) in [4.78, 5) is 2.07. The Morgan fingerprint density at radius 2 is 1.91 bits per heavy atom. The van der Waals surface area contributed by atoms with Crippen LogP contribution in [0.1, 0.15) is 24.1 Å². The van der Waals surface area contributed by atoms with Crippen LogP contribution in [-0.2, 0) is 23.6 Å². The Bertz CT molecular complexity index is 615. The van der Waals surface area contributed by atoms with E-state index in [-0.39, 0.29) is 0 Å². The molecule has 0 aliphatic carbocycles. The van der Waals surface area contributed by atoms with Crippen LogP contribution in [0.15, 0.2) is 0 Å². The van der Waals surface area contributed by atoms with Crippen molar-refractivity contribution in [1.82, 2.24) is 19.4 Å². The molecule has 1 N–H and O–H groups in total. The molecule has 0 bridgehead atoms. The number of anilines is 1. The normalized spacial score (nSPS) is 17.9. The lowest BCUT2D eigenvalue weighted by atomic mass is 10.1. The van der Waals surface area contributed by atoms with E-state index in [9.17, 15) is 8.42 Å². The third kappa shape index (κ3) is 3.80. The highest BCUT2D eigenvalue weighted by atomic mass is 32.2. The molecule has 0 unspecified atom stereocenters. The van der Waals surface area contributed by atoms with Gasteiger partial charge in [-0.05, 0) is 19.8 Å². The Kier molecular flexibility index (Phi) is 5.14. The number of aromatic nitrogens is 2. The van der Waals surface area contributed by atoms with E-state index in [1.54, 1.807) is 4.31 Å². The van der Waals surface area contributed by atoms with E-state index < -0.39 is 10.0 Å². The summed E-state index contributed by atoms with van der Waals surface area (Å²) in [6, 6.07) is 0.354. The number of piperidine rings is 1. The molecule has 0 amide bonds. The monoisotopic (exact) mass is 329 g/mol. The largest absolute Gasteiger partial charge is 0.363 e. The minimum Gasteiger partial charge on any atom is -0.363 e. The third-order valence-corrected chi connectivity index (χ3v) is 5.53. The number of nitrogens with zero attached hydrogens (tertiary/aromatic N) is 4. The van der Waals surface area contributed by atoms with Crippen LogP contribution < -0.4 is 10.2 Å². The molecule has 1 aliphatic heterocycles. The quantitative estimate of drug-likeness (QED) is 0.842. The zero-order valence-corrected chi connectivity index (χ0v) is 14.9. The first kappa shape index (κ1) is 17.2. The molecule has 126 valence electrons. The molecule has 1 aromatic rings. The van der Waals surface area contributed by atoms with Gasteiger partial charge in [0.1, 0.15) is 5.82 Å². The summed E-state index contributed by atoms with van der Waals surface area (Å²) in [6.45, 7) is 3.99. The van der Waals surface area contributed by atoms with Crippen molar-refractivity contribution in [2.45, 2.75) is 32.4 Å². The van der Waals surface area contributed by atoms with Crippen molar-refractivity contribution in [2.75, 3.05) is 38.3 Å². The zero-order valence-electron chi connectivity index (χ0n) is 14.1. The molecule has 2 heterocycles. The average Bonchev–Trinajstić information content (AvgIpc) is 2.70. The molecule has 2 rings (SSSR count). The van der Waals surface area contributed by atoms with Crippen LogP contribution in [0.4, 0.5) is 5.82 Å². The summed E-state index contributed by atoms with van der Waals surface area (Å²) >= 11 is 0. The van der Waals surface area contributed by atoms with Crippen molar-refractivity contribution < 1.29 is 8.42 Å². The van der Waals surface area contributed by atoms with Crippen LogP contribution in [-0.4, -0.2) is 62.0 Å². The molecule has 0 atom stereocenters. The molecule has 1 aromatic heterocycles. The van der Waals surface area contributed by atoms with Crippen LogP contribution in [0.3, 0.4) is 0 Å². The van der Waals surface area contributed by atoms with E-state index in [1.165, 1.54) is 11.8 Å². The molecular weight excluding hydrogens is 302 g/mol. The molecule has 1 fully saturated rings. The molecule has 0 radical (unpaired) electrons. The predicted octanol–water partition coefficient (Wildman–Crippen LogP) is 0.308. The fraction of sp³-hybridized carbons (Fsp3) is 0.786. The van der Waals surface area contributed by atoms with Crippen LogP contribution in [0.5, 0.6) is 0 Å². The van der Waals surface area contributed by atoms with Gasteiger partial charge in [-0.2, -0.15) is 5.10 Å². The fourth-order valence-electron chi connectivity index (χ4n) is 3.09. The first-order valence-corrected chi connectivity index (χ1v) is 9.43. The molecule has 0 spiro atoms. The van der Waals surface area contributed by atoms with Gasteiger partial charge in [0, 0.05) is 52.4 Å². The van der Waals surface area contributed by atoms with E-state index in [2.05, 4.69) is 15.3 Å². The van der Waals surface area contributed by atoms with E-state index in [4.69, 9.17) is 0 Å². The summed E-state index contributed by atoms with van der Waals surface area (Å²) in [7, 11) is 2.94. The predicted molar refractivity (Wildman–Crippen MR) is 88.6 cm³/mol. The number of hydrogen-bond acceptors (Lipinski definition) is 5. The Balaban J connectivity index is 1.95. The van der Waals surface area contributed by atoms with Crippen molar-refractivity contribution in [3.8, 4) is 0 Å². The van der Waals surface area contributed by atoms with Crippen LogP contribution in [0.2, 0.25) is 0 Å². The van der Waals surface area contributed by atoms with Gasteiger partial charge in [-0.25, -0.2) is 12.7 Å². The van der Waals surface area contributed by atoms with Crippen molar-refractivity contribution in [2.24, 2.45) is 7.05 Å². The maximum Gasteiger partial charge on any atom is 0.211 e. The lowest BCUT2D eigenvalue weighted by molar-refractivity contribution is 0.290. The molecule has 8 heteroatoms. The maximum atomic E-state index is 11.5. The van der Waals surface area contributed by atoms with Gasteiger partial charge in [0.15, 0.2) is 0 Å². The summed E-state index contributed by atoms with van der Waals surface area (Å²) < 4.78 is 26.5. The third-order valence-electron chi connectivity index (χ3n) is 4.23.